The molecule has 0 spiro atoms. The third kappa shape index (κ3) is 4.70. The van der Waals surface area contributed by atoms with Crippen molar-refractivity contribution in [2.24, 2.45) is 0 Å². The van der Waals surface area contributed by atoms with Crippen molar-refractivity contribution in [2.75, 3.05) is 27.4 Å². The number of aliphatic hydroxyl groups excluding tert-OH is 2. The van der Waals surface area contributed by atoms with Gasteiger partial charge in [-0.2, -0.15) is 0 Å². The topological polar surface area (TPSA) is 71.0 Å². The molecule has 1 rings (SSSR count). The van der Waals surface area contributed by atoms with Gasteiger partial charge in [0, 0.05) is 24.8 Å². The van der Waals surface area contributed by atoms with E-state index in [1.165, 1.54) is 0 Å². The summed E-state index contributed by atoms with van der Waals surface area (Å²) in [6.07, 6.45) is -0.0340. The van der Waals surface area contributed by atoms with Crippen LogP contribution in [0.15, 0.2) is 18.2 Å². The first-order valence-corrected chi connectivity index (χ1v) is 6.36. The highest BCUT2D eigenvalue weighted by Crippen LogP contribution is 2.29. The molecule has 0 aliphatic rings. The minimum Gasteiger partial charge on any atom is -0.497 e. The quantitative estimate of drug-likeness (QED) is 0.659. The molecule has 0 saturated carbocycles. The maximum atomic E-state index is 10.2. The Morgan fingerprint density at radius 3 is 2.58 bits per heavy atom. The van der Waals surface area contributed by atoms with E-state index in [1.54, 1.807) is 32.4 Å². The molecule has 0 aliphatic heterocycles. The summed E-state index contributed by atoms with van der Waals surface area (Å²) in [5.74, 6) is 1.31. The van der Waals surface area contributed by atoms with Gasteiger partial charge in [-0.15, -0.1) is 0 Å². The molecule has 108 valence electrons. The van der Waals surface area contributed by atoms with Crippen LogP contribution in [0, 0.1) is 0 Å². The first-order chi connectivity index (χ1) is 9.12. The number of hydrogen-bond acceptors (Lipinski definition) is 5. The molecule has 1 aromatic carbocycles. The van der Waals surface area contributed by atoms with Gasteiger partial charge >= 0.3 is 0 Å². The van der Waals surface area contributed by atoms with Gasteiger partial charge in [-0.25, -0.2) is 0 Å². The lowest BCUT2D eigenvalue weighted by Gasteiger charge is -2.19. The summed E-state index contributed by atoms with van der Waals surface area (Å²) in [7, 11) is 3.15. The SMILES string of the molecule is COc1ccc(OC)c(C(O)CNC(C)CCO)c1. The van der Waals surface area contributed by atoms with Crippen molar-refractivity contribution < 1.29 is 19.7 Å². The lowest BCUT2D eigenvalue weighted by molar-refractivity contribution is 0.162. The van der Waals surface area contributed by atoms with Crippen LogP contribution < -0.4 is 14.8 Å². The van der Waals surface area contributed by atoms with Crippen molar-refractivity contribution in [3.8, 4) is 11.5 Å². The molecule has 2 atom stereocenters. The predicted octanol–water partition coefficient (Wildman–Crippen LogP) is 1.10. The van der Waals surface area contributed by atoms with Gasteiger partial charge in [-0.05, 0) is 31.5 Å². The number of benzene rings is 1. The molecule has 5 heteroatoms. The summed E-state index contributed by atoms with van der Waals surface area (Å²) in [6, 6.07) is 5.48. The molecule has 0 saturated heterocycles. The van der Waals surface area contributed by atoms with Crippen LogP contribution in [-0.4, -0.2) is 43.6 Å². The molecule has 0 heterocycles. The minimum atomic E-state index is -0.689. The van der Waals surface area contributed by atoms with E-state index in [4.69, 9.17) is 14.6 Å². The summed E-state index contributed by atoms with van der Waals surface area (Å²) >= 11 is 0. The van der Waals surface area contributed by atoms with Crippen LogP contribution >= 0.6 is 0 Å². The first-order valence-electron chi connectivity index (χ1n) is 6.36. The van der Waals surface area contributed by atoms with Crippen molar-refractivity contribution in [1.82, 2.24) is 5.32 Å². The van der Waals surface area contributed by atoms with Crippen LogP contribution in [0.5, 0.6) is 11.5 Å². The number of aliphatic hydroxyl groups is 2. The summed E-state index contributed by atoms with van der Waals surface area (Å²) in [5, 5.41) is 22.2. The Morgan fingerprint density at radius 2 is 2.00 bits per heavy atom. The predicted molar refractivity (Wildman–Crippen MR) is 73.7 cm³/mol. The van der Waals surface area contributed by atoms with Crippen LogP contribution in [0.2, 0.25) is 0 Å². The number of rotatable bonds is 8. The Morgan fingerprint density at radius 1 is 1.26 bits per heavy atom. The van der Waals surface area contributed by atoms with Gasteiger partial charge in [0.2, 0.25) is 0 Å². The Labute approximate surface area is 114 Å². The zero-order valence-corrected chi connectivity index (χ0v) is 11.7. The van der Waals surface area contributed by atoms with Gasteiger partial charge in [0.25, 0.3) is 0 Å². The van der Waals surface area contributed by atoms with E-state index in [0.29, 0.717) is 30.0 Å². The maximum Gasteiger partial charge on any atom is 0.124 e. The summed E-state index contributed by atoms with van der Waals surface area (Å²) in [5.41, 5.74) is 0.686. The van der Waals surface area contributed by atoms with E-state index in [9.17, 15) is 5.11 Å². The van der Waals surface area contributed by atoms with Crippen LogP contribution in [0.1, 0.15) is 25.0 Å². The molecule has 5 nitrogen and oxygen atoms in total. The molecule has 1 aromatic rings. The summed E-state index contributed by atoms with van der Waals surface area (Å²) < 4.78 is 10.4. The standard InChI is InChI=1S/C14H23NO4/c1-10(6-7-16)15-9-13(17)12-8-11(18-2)4-5-14(12)19-3/h4-5,8,10,13,15-17H,6-7,9H2,1-3H3. The van der Waals surface area contributed by atoms with Crippen molar-refractivity contribution in [3.05, 3.63) is 23.8 Å². The number of nitrogens with one attached hydrogen (secondary N) is 1. The molecule has 0 radical (unpaired) electrons. The summed E-state index contributed by atoms with van der Waals surface area (Å²) in [4.78, 5) is 0. The molecule has 19 heavy (non-hydrogen) atoms. The number of hydrogen-bond donors (Lipinski definition) is 3. The van der Waals surface area contributed by atoms with Gasteiger partial charge in [0.1, 0.15) is 11.5 Å². The molecule has 0 aromatic heterocycles. The fraction of sp³-hybridized carbons (Fsp3) is 0.571. The van der Waals surface area contributed by atoms with E-state index in [2.05, 4.69) is 5.32 Å². The van der Waals surface area contributed by atoms with Gasteiger partial charge in [-0.3, -0.25) is 0 Å². The van der Waals surface area contributed by atoms with E-state index in [-0.39, 0.29) is 12.6 Å². The molecule has 2 unspecified atom stereocenters. The lowest BCUT2D eigenvalue weighted by Crippen LogP contribution is -2.31. The molecular weight excluding hydrogens is 246 g/mol. The highest BCUT2D eigenvalue weighted by atomic mass is 16.5. The van der Waals surface area contributed by atoms with Crippen molar-refractivity contribution in [1.29, 1.82) is 0 Å². The molecule has 0 fully saturated rings. The lowest BCUT2D eigenvalue weighted by atomic mass is 10.1. The normalized spacial score (nSPS) is 13.9. The smallest absolute Gasteiger partial charge is 0.124 e. The molecule has 0 bridgehead atoms. The van der Waals surface area contributed by atoms with Crippen molar-refractivity contribution in [3.63, 3.8) is 0 Å². The summed E-state index contributed by atoms with van der Waals surface area (Å²) in [6.45, 7) is 2.49. The van der Waals surface area contributed by atoms with Crippen molar-refractivity contribution >= 4 is 0 Å². The Hall–Kier alpha value is -1.30. The van der Waals surface area contributed by atoms with Crippen molar-refractivity contribution in [2.45, 2.75) is 25.5 Å². The van der Waals surface area contributed by atoms with Crippen LogP contribution in [0.3, 0.4) is 0 Å². The third-order valence-corrected chi connectivity index (χ3v) is 3.02. The van der Waals surface area contributed by atoms with E-state index in [0.717, 1.165) is 0 Å². The average molecular weight is 269 g/mol. The first kappa shape index (κ1) is 15.8. The van der Waals surface area contributed by atoms with Crippen LogP contribution in [-0.2, 0) is 0 Å². The zero-order chi connectivity index (χ0) is 14.3. The highest BCUT2D eigenvalue weighted by molar-refractivity contribution is 5.41. The fourth-order valence-corrected chi connectivity index (χ4v) is 1.82. The van der Waals surface area contributed by atoms with Gasteiger partial charge in [-0.1, -0.05) is 0 Å². The molecule has 0 amide bonds. The van der Waals surface area contributed by atoms with Gasteiger partial charge in [0.15, 0.2) is 0 Å². The Balaban J connectivity index is 2.71. The largest absolute Gasteiger partial charge is 0.497 e. The second-order valence-corrected chi connectivity index (χ2v) is 4.45. The molecular formula is C14H23NO4. The third-order valence-electron chi connectivity index (χ3n) is 3.02. The second-order valence-electron chi connectivity index (χ2n) is 4.45. The number of ether oxygens (including phenoxy) is 2. The Kier molecular flexibility index (Phi) is 6.62. The average Bonchev–Trinajstić information content (AvgIpc) is 2.44. The van der Waals surface area contributed by atoms with Gasteiger partial charge in [0.05, 0.1) is 20.3 Å². The second kappa shape index (κ2) is 7.99. The van der Waals surface area contributed by atoms with E-state index in [1.807, 2.05) is 6.92 Å². The monoisotopic (exact) mass is 269 g/mol. The van der Waals surface area contributed by atoms with Gasteiger partial charge < -0.3 is 25.0 Å². The fourth-order valence-electron chi connectivity index (χ4n) is 1.82. The zero-order valence-electron chi connectivity index (χ0n) is 11.7. The maximum absolute atomic E-state index is 10.2. The van der Waals surface area contributed by atoms with Crippen LogP contribution in [0.25, 0.3) is 0 Å². The molecule has 0 aliphatic carbocycles. The molecule has 3 N–H and O–H groups in total. The van der Waals surface area contributed by atoms with E-state index >= 15 is 0 Å². The Bertz CT molecular complexity index is 384. The highest BCUT2D eigenvalue weighted by Gasteiger charge is 2.15. The number of methoxy groups -OCH3 is 2. The minimum absolute atomic E-state index is 0.132. The van der Waals surface area contributed by atoms with Crippen LogP contribution in [0.4, 0.5) is 0 Å². The van der Waals surface area contributed by atoms with E-state index < -0.39 is 6.10 Å².